The van der Waals surface area contributed by atoms with Gasteiger partial charge in [-0.3, -0.25) is 0 Å². The van der Waals surface area contributed by atoms with Gasteiger partial charge >= 0.3 is 77.5 Å². The van der Waals surface area contributed by atoms with E-state index in [0.29, 0.717) is 21.6 Å². The molecule has 0 spiro atoms. The normalized spacial score (nSPS) is 28.5. The second kappa shape index (κ2) is 4.65. The van der Waals surface area contributed by atoms with Crippen molar-refractivity contribution in [2.75, 3.05) is 6.61 Å². The Morgan fingerprint density at radius 3 is 3.17 bits per heavy atom. The summed E-state index contributed by atoms with van der Waals surface area (Å²) < 4.78 is 4.83. The average Bonchev–Trinajstić information content (AvgIpc) is 2.03. The van der Waals surface area contributed by atoms with Crippen LogP contribution in [0.4, 0.5) is 0 Å². The van der Waals surface area contributed by atoms with Gasteiger partial charge < -0.3 is 0 Å². The van der Waals surface area contributed by atoms with Crippen LogP contribution < -0.4 is 0 Å². The molecule has 1 heterocycles. The molecule has 2 unspecified atom stereocenters. The Labute approximate surface area is 77.9 Å². The van der Waals surface area contributed by atoms with Crippen molar-refractivity contribution in [2.24, 2.45) is 0 Å². The van der Waals surface area contributed by atoms with Crippen molar-refractivity contribution in [3.63, 3.8) is 0 Å². The zero-order valence-electron chi connectivity index (χ0n) is 6.90. The summed E-state index contributed by atoms with van der Waals surface area (Å²) in [6.45, 7) is 1.75. The van der Waals surface area contributed by atoms with Crippen molar-refractivity contribution in [3.05, 3.63) is 12.2 Å². The van der Waals surface area contributed by atoms with Gasteiger partial charge in [0.2, 0.25) is 0 Å². The van der Waals surface area contributed by atoms with Crippen LogP contribution in [0.3, 0.4) is 0 Å². The van der Waals surface area contributed by atoms with Crippen molar-refractivity contribution in [1.29, 1.82) is 0 Å². The summed E-state index contributed by atoms with van der Waals surface area (Å²) in [5.74, 6) is -0.271. The Morgan fingerprint density at radius 2 is 2.58 bits per heavy atom. The summed E-state index contributed by atoms with van der Waals surface area (Å²) in [4.78, 5) is 10.6. The van der Waals surface area contributed by atoms with Crippen LogP contribution >= 0.6 is 0 Å². The van der Waals surface area contributed by atoms with E-state index in [0.717, 1.165) is 5.32 Å². The van der Waals surface area contributed by atoms with Crippen LogP contribution in [0.1, 0.15) is 6.92 Å². The van der Waals surface area contributed by atoms with E-state index >= 15 is 0 Å². The molecule has 0 bridgehead atoms. The molecule has 0 fully saturated rings. The van der Waals surface area contributed by atoms with Gasteiger partial charge in [-0.15, -0.1) is 0 Å². The fourth-order valence-corrected chi connectivity index (χ4v) is 2.88. The number of aliphatic hydroxyl groups is 1. The van der Waals surface area contributed by atoms with Crippen LogP contribution in [0.15, 0.2) is 12.2 Å². The zero-order chi connectivity index (χ0) is 8.97. The summed E-state index contributed by atoms with van der Waals surface area (Å²) in [7, 11) is 0. The van der Waals surface area contributed by atoms with Gasteiger partial charge in [0.05, 0.1) is 0 Å². The van der Waals surface area contributed by atoms with Gasteiger partial charge in [-0.1, -0.05) is 0 Å². The maximum atomic E-state index is 10.5. The average molecular weight is 235 g/mol. The number of carbonyl (C=O) groups is 1. The molecule has 4 heteroatoms. The van der Waals surface area contributed by atoms with E-state index in [2.05, 4.69) is 0 Å². The fraction of sp³-hybridized carbons (Fsp3) is 0.625. The van der Waals surface area contributed by atoms with Crippen molar-refractivity contribution in [1.82, 2.24) is 0 Å². The third-order valence-electron chi connectivity index (χ3n) is 1.57. The molecule has 0 saturated heterocycles. The molecule has 0 aromatic rings. The predicted octanol–water partition coefficient (Wildman–Crippen LogP) is 0.391. The zero-order valence-corrected chi connectivity index (χ0v) is 8.61. The van der Waals surface area contributed by atoms with E-state index in [9.17, 15) is 9.90 Å². The Kier molecular flexibility index (Phi) is 3.79. The first-order valence-corrected chi connectivity index (χ1v) is 6.00. The van der Waals surface area contributed by atoms with E-state index in [4.69, 9.17) is 4.74 Å². The van der Waals surface area contributed by atoms with Crippen molar-refractivity contribution < 1.29 is 14.6 Å². The molecule has 0 amide bonds. The molecule has 1 aliphatic rings. The van der Waals surface area contributed by atoms with Crippen LogP contribution in [0.25, 0.3) is 0 Å². The van der Waals surface area contributed by atoms with Gasteiger partial charge in [-0.2, -0.15) is 0 Å². The summed E-state index contributed by atoms with van der Waals surface area (Å²) in [6.07, 6.45) is 3.34. The SMILES string of the molecule is CC(=O)OCC1[Se]CC=CC1O. The molecule has 1 rings (SSSR count). The number of carbonyl (C=O) groups excluding carboxylic acids is 1. The molecular formula is C8H12O3Se. The molecule has 0 aromatic carbocycles. The van der Waals surface area contributed by atoms with Crippen LogP contribution in [0, 0.1) is 0 Å². The molecule has 0 aromatic heterocycles. The Bertz CT molecular complexity index is 191. The van der Waals surface area contributed by atoms with E-state index in [1.165, 1.54) is 6.92 Å². The van der Waals surface area contributed by atoms with E-state index in [1.54, 1.807) is 6.08 Å². The summed E-state index contributed by atoms with van der Waals surface area (Å²) in [6, 6.07) is 0. The summed E-state index contributed by atoms with van der Waals surface area (Å²) >= 11 is 0.365. The van der Waals surface area contributed by atoms with Gasteiger partial charge in [0.25, 0.3) is 0 Å². The molecule has 2 atom stereocenters. The second-order valence-corrected chi connectivity index (χ2v) is 5.26. The van der Waals surface area contributed by atoms with Crippen molar-refractivity contribution >= 4 is 20.9 Å². The number of ether oxygens (including phenoxy) is 1. The number of rotatable bonds is 2. The summed E-state index contributed by atoms with van der Waals surface area (Å²) in [5, 5.41) is 10.4. The Balaban J connectivity index is 2.31. The molecule has 1 N–H and O–H groups in total. The topological polar surface area (TPSA) is 46.5 Å². The van der Waals surface area contributed by atoms with E-state index < -0.39 is 6.10 Å². The van der Waals surface area contributed by atoms with Gasteiger partial charge in [-0.05, 0) is 0 Å². The van der Waals surface area contributed by atoms with Crippen molar-refractivity contribution in [2.45, 2.75) is 23.2 Å². The van der Waals surface area contributed by atoms with Crippen LogP contribution in [-0.2, 0) is 9.53 Å². The number of aliphatic hydroxyl groups excluding tert-OH is 1. The van der Waals surface area contributed by atoms with Gasteiger partial charge in [0.1, 0.15) is 0 Å². The van der Waals surface area contributed by atoms with Crippen molar-refractivity contribution in [3.8, 4) is 0 Å². The Hall–Kier alpha value is -0.311. The first kappa shape index (κ1) is 9.78. The Morgan fingerprint density at radius 1 is 1.83 bits per heavy atom. The second-order valence-electron chi connectivity index (χ2n) is 2.59. The molecule has 0 aliphatic carbocycles. The first-order valence-electron chi connectivity index (χ1n) is 3.80. The van der Waals surface area contributed by atoms with Crippen LogP contribution in [-0.4, -0.2) is 38.7 Å². The monoisotopic (exact) mass is 236 g/mol. The molecular weight excluding hydrogens is 223 g/mol. The molecule has 0 saturated carbocycles. The van der Waals surface area contributed by atoms with Gasteiger partial charge in [0.15, 0.2) is 0 Å². The third-order valence-corrected chi connectivity index (χ3v) is 4.15. The van der Waals surface area contributed by atoms with Gasteiger partial charge in [-0.25, -0.2) is 0 Å². The molecule has 12 heavy (non-hydrogen) atoms. The van der Waals surface area contributed by atoms with E-state index in [1.807, 2.05) is 6.08 Å². The first-order chi connectivity index (χ1) is 5.70. The number of esters is 1. The minimum atomic E-state index is -0.418. The molecule has 0 radical (unpaired) electrons. The molecule has 3 nitrogen and oxygen atoms in total. The third kappa shape index (κ3) is 2.97. The summed E-state index contributed by atoms with van der Waals surface area (Å²) in [5.41, 5.74) is 0. The molecule has 1 aliphatic heterocycles. The van der Waals surface area contributed by atoms with Crippen LogP contribution in [0.2, 0.25) is 10.1 Å². The predicted molar refractivity (Wildman–Crippen MR) is 46.1 cm³/mol. The molecule has 68 valence electrons. The van der Waals surface area contributed by atoms with Gasteiger partial charge in [0, 0.05) is 0 Å². The van der Waals surface area contributed by atoms with E-state index in [-0.39, 0.29) is 10.8 Å². The quantitative estimate of drug-likeness (QED) is 0.428. The fourth-order valence-electron chi connectivity index (χ4n) is 0.943. The minimum absolute atomic E-state index is 0.145. The number of hydrogen-bond acceptors (Lipinski definition) is 3. The van der Waals surface area contributed by atoms with Crippen LogP contribution in [0.5, 0.6) is 0 Å². The maximum absolute atomic E-state index is 10.5. The standard InChI is InChI=1S/C8H12O3Se/c1-6(9)11-5-8-7(10)3-2-4-12-8/h2-3,7-8,10H,4-5H2,1H3. The number of allylic oxidation sites excluding steroid dienone is 1. The number of hydrogen-bond donors (Lipinski definition) is 1.